The molecule has 0 N–H and O–H groups in total. The summed E-state index contributed by atoms with van der Waals surface area (Å²) in [4.78, 5) is 4.37. The fraction of sp³-hybridized carbons (Fsp3) is 0.500. The zero-order valence-corrected chi connectivity index (χ0v) is 7.52. The molecule has 60 valence electrons. The lowest BCUT2D eigenvalue weighted by atomic mass is 10.1. The molecule has 0 radical (unpaired) electrons. The van der Waals surface area contributed by atoms with E-state index in [-0.39, 0.29) is 0 Å². The van der Waals surface area contributed by atoms with Crippen LogP contribution in [-0.4, -0.2) is 4.98 Å². The molecule has 1 heteroatoms. The molecule has 0 amide bonds. The Morgan fingerprint density at radius 3 is 2.45 bits per heavy atom. The molecule has 1 aromatic heterocycles. The topological polar surface area (TPSA) is 12.9 Å². The van der Waals surface area contributed by atoms with Gasteiger partial charge in [0.1, 0.15) is 0 Å². The Morgan fingerprint density at radius 1 is 1.27 bits per heavy atom. The average molecular weight is 149 g/mol. The third kappa shape index (κ3) is 1.79. The predicted molar refractivity (Wildman–Crippen MR) is 47.7 cm³/mol. The van der Waals surface area contributed by atoms with Gasteiger partial charge in [-0.1, -0.05) is 19.9 Å². The second-order valence-electron chi connectivity index (χ2n) is 2.81. The lowest BCUT2D eigenvalue weighted by Gasteiger charge is -2.02. The monoisotopic (exact) mass is 149 g/mol. The molecule has 0 aliphatic carbocycles. The van der Waals surface area contributed by atoms with Crippen LogP contribution in [0.1, 0.15) is 30.7 Å². The Balaban J connectivity index is 2.99. The van der Waals surface area contributed by atoms with Gasteiger partial charge < -0.3 is 0 Å². The summed E-state index contributed by atoms with van der Waals surface area (Å²) in [5, 5.41) is 0. The van der Waals surface area contributed by atoms with Crippen LogP contribution in [0.2, 0.25) is 0 Å². The molecule has 0 unspecified atom stereocenters. The Morgan fingerprint density at radius 2 is 2.00 bits per heavy atom. The Kier molecular flexibility index (Phi) is 2.64. The van der Waals surface area contributed by atoms with Crippen LogP contribution in [0.4, 0.5) is 0 Å². The van der Waals surface area contributed by atoms with Crippen molar-refractivity contribution in [3.05, 3.63) is 29.1 Å². The van der Waals surface area contributed by atoms with Crippen LogP contribution >= 0.6 is 0 Å². The van der Waals surface area contributed by atoms with Crippen LogP contribution in [-0.2, 0) is 12.8 Å². The van der Waals surface area contributed by atoms with Crippen molar-refractivity contribution in [3.63, 3.8) is 0 Å². The van der Waals surface area contributed by atoms with Crippen molar-refractivity contribution in [2.45, 2.75) is 33.6 Å². The zero-order chi connectivity index (χ0) is 8.27. The standard InChI is InChI=1S/C10H15N/c1-4-9-6-8(3)10(5-2)11-7-9/h6-7H,4-5H2,1-3H3. The van der Waals surface area contributed by atoms with Gasteiger partial charge in [-0.2, -0.15) is 0 Å². The molecule has 0 fully saturated rings. The van der Waals surface area contributed by atoms with Gasteiger partial charge >= 0.3 is 0 Å². The van der Waals surface area contributed by atoms with Gasteiger partial charge in [0, 0.05) is 11.9 Å². The fourth-order valence-electron chi connectivity index (χ4n) is 1.22. The van der Waals surface area contributed by atoms with Crippen LogP contribution in [0.25, 0.3) is 0 Å². The van der Waals surface area contributed by atoms with Crippen molar-refractivity contribution in [1.82, 2.24) is 4.98 Å². The largest absolute Gasteiger partial charge is 0.261 e. The van der Waals surface area contributed by atoms with E-state index < -0.39 is 0 Å². The van der Waals surface area contributed by atoms with Crippen LogP contribution in [0.3, 0.4) is 0 Å². The fourth-order valence-corrected chi connectivity index (χ4v) is 1.22. The summed E-state index contributed by atoms with van der Waals surface area (Å²) < 4.78 is 0. The van der Waals surface area contributed by atoms with Crippen molar-refractivity contribution < 1.29 is 0 Å². The summed E-state index contributed by atoms with van der Waals surface area (Å²) in [5.74, 6) is 0. The van der Waals surface area contributed by atoms with Crippen LogP contribution in [0.5, 0.6) is 0 Å². The maximum absolute atomic E-state index is 4.37. The minimum Gasteiger partial charge on any atom is -0.261 e. The molecule has 0 saturated carbocycles. The van der Waals surface area contributed by atoms with Gasteiger partial charge in [-0.25, -0.2) is 0 Å². The van der Waals surface area contributed by atoms with Gasteiger partial charge in [0.05, 0.1) is 0 Å². The van der Waals surface area contributed by atoms with Crippen molar-refractivity contribution in [3.8, 4) is 0 Å². The first kappa shape index (κ1) is 8.25. The van der Waals surface area contributed by atoms with Gasteiger partial charge in [-0.3, -0.25) is 4.98 Å². The van der Waals surface area contributed by atoms with Crippen molar-refractivity contribution in [1.29, 1.82) is 0 Å². The summed E-state index contributed by atoms with van der Waals surface area (Å²) in [7, 11) is 0. The van der Waals surface area contributed by atoms with E-state index in [0.717, 1.165) is 12.8 Å². The second-order valence-corrected chi connectivity index (χ2v) is 2.81. The molecule has 0 spiro atoms. The maximum atomic E-state index is 4.37. The summed E-state index contributed by atoms with van der Waals surface area (Å²) >= 11 is 0. The molecule has 0 bridgehead atoms. The zero-order valence-electron chi connectivity index (χ0n) is 7.52. The molecular weight excluding hydrogens is 134 g/mol. The maximum Gasteiger partial charge on any atom is 0.0430 e. The van der Waals surface area contributed by atoms with Gasteiger partial charge in [-0.05, 0) is 30.9 Å². The number of hydrogen-bond acceptors (Lipinski definition) is 1. The summed E-state index contributed by atoms with van der Waals surface area (Å²) in [5.41, 5.74) is 3.88. The quantitative estimate of drug-likeness (QED) is 0.629. The molecule has 0 aliphatic rings. The molecule has 0 atom stereocenters. The van der Waals surface area contributed by atoms with Crippen molar-refractivity contribution in [2.75, 3.05) is 0 Å². The van der Waals surface area contributed by atoms with E-state index in [1.165, 1.54) is 16.8 Å². The van der Waals surface area contributed by atoms with Crippen LogP contribution < -0.4 is 0 Å². The number of aromatic nitrogens is 1. The minimum absolute atomic E-state index is 1.04. The van der Waals surface area contributed by atoms with E-state index in [9.17, 15) is 0 Å². The third-order valence-corrected chi connectivity index (χ3v) is 1.99. The van der Waals surface area contributed by atoms with Gasteiger partial charge in [0.15, 0.2) is 0 Å². The first-order valence-corrected chi connectivity index (χ1v) is 4.22. The number of rotatable bonds is 2. The highest BCUT2D eigenvalue weighted by Crippen LogP contribution is 2.08. The SMILES string of the molecule is CCc1cnc(CC)c(C)c1. The van der Waals surface area contributed by atoms with E-state index in [2.05, 4.69) is 31.8 Å². The van der Waals surface area contributed by atoms with Gasteiger partial charge in [0.2, 0.25) is 0 Å². The first-order valence-electron chi connectivity index (χ1n) is 4.22. The highest BCUT2D eigenvalue weighted by molar-refractivity contribution is 5.23. The van der Waals surface area contributed by atoms with Crippen LogP contribution in [0.15, 0.2) is 12.3 Å². The highest BCUT2D eigenvalue weighted by Gasteiger charge is 1.97. The Hall–Kier alpha value is -0.850. The van der Waals surface area contributed by atoms with E-state index in [1.807, 2.05) is 6.20 Å². The molecule has 1 aromatic rings. The summed E-state index contributed by atoms with van der Waals surface area (Å²) in [6, 6.07) is 2.23. The summed E-state index contributed by atoms with van der Waals surface area (Å²) in [6.07, 6.45) is 4.10. The van der Waals surface area contributed by atoms with E-state index in [0.29, 0.717) is 0 Å². The highest BCUT2D eigenvalue weighted by atomic mass is 14.7. The van der Waals surface area contributed by atoms with E-state index in [4.69, 9.17) is 0 Å². The first-order chi connectivity index (χ1) is 5.27. The average Bonchev–Trinajstić information content (AvgIpc) is 2.04. The predicted octanol–water partition coefficient (Wildman–Crippen LogP) is 2.51. The number of pyridine rings is 1. The Labute approximate surface area is 68.5 Å². The van der Waals surface area contributed by atoms with Crippen molar-refractivity contribution in [2.24, 2.45) is 0 Å². The smallest absolute Gasteiger partial charge is 0.0430 e. The van der Waals surface area contributed by atoms with Gasteiger partial charge in [0.25, 0.3) is 0 Å². The van der Waals surface area contributed by atoms with Gasteiger partial charge in [-0.15, -0.1) is 0 Å². The molecule has 1 rings (SSSR count). The van der Waals surface area contributed by atoms with E-state index in [1.54, 1.807) is 0 Å². The molecule has 1 heterocycles. The lowest BCUT2D eigenvalue weighted by molar-refractivity contribution is 0.979. The van der Waals surface area contributed by atoms with Crippen LogP contribution in [0, 0.1) is 6.92 Å². The number of aryl methyl sites for hydroxylation is 3. The normalized spacial score (nSPS) is 10.1. The molecule has 11 heavy (non-hydrogen) atoms. The molecule has 0 aromatic carbocycles. The number of nitrogens with zero attached hydrogens (tertiary/aromatic N) is 1. The molecule has 0 aliphatic heterocycles. The molecule has 0 saturated heterocycles. The molecule has 1 nitrogen and oxygen atoms in total. The van der Waals surface area contributed by atoms with Crippen molar-refractivity contribution >= 4 is 0 Å². The number of hydrogen-bond donors (Lipinski definition) is 0. The van der Waals surface area contributed by atoms with E-state index >= 15 is 0 Å². The minimum atomic E-state index is 1.04. The lowest BCUT2D eigenvalue weighted by Crippen LogP contribution is -1.93. The Bertz CT molecular complexity index is 241. The third-order valence-electron chi connectivity index (χ3n) is 1.99. The molecular formula is C10H15N. The second kappa shape index (κ2) is 3.51. The summed E-state index contributed by atoms with van der Waals surface area (Å²) in [6.45, 7) is 6.42.